The Bertz CT molecular complexity index is 410. The molecule has 1 aromatic heterocycles. The number of rotatable bonds is 3. The van der Waals surface area contributed by atoms with E-state index in [1.54, 1.807) is 0 Å². The largest absolute Gasteiger partial charge is 0.573 e. The normalized spacial score (nSPS) is 11.8. The van der Waals surface area contributed by atoms with Gasteiger partial charge in [0.15, 0.2) is 0 Å². The van der Waals surface area contributed by atoms with E-state index in [-0.39, 0.29) is 3.57 Å². The zero-order valence-electron chi connectivity index (χ0n) is 8.19. The van der Waals surface area contributed by atoms with Gasteiger partial charge in [0.25, 0.3) is 12.3 Å². The molecule has 0 aromatic carbocycles. The van der Waals surface area contributed by atoms with Gasteiger partial charge in [0, 0.05) is 6.20 Å². The molecule has 0 radical (unpaired) electrons. The molecule has 1 heterocycles. The smallest absolute Gasteiger partial charge is 0.478 e. The quantitative estimate of drug-likeness (QED) is 0.604. The van der Waals surface area contributed by atoms with E-state index in [1.807, 2.05) is 0 Å². The fourth-order valence-electron chi connectivity index (χ4n) is 0.970. The molecule has 0 fully saturated rings. The highest BCUT2D eigenvalue weighted by atomic mass is 127. The van der Waals surface area contributed by atoms with Crippen molar-refractivity contribution in [3.63, 3.8) is 0 Å². The number of hydrogen-bond donors (Lipinski definition) is 0. The molecule has 0 saturated heterocycles. The average Bonchev–Trinajstić information content (AvgIpc) is 2.18. The number of methoxy groups -OCH3 is 1. The molecule has 3 nitrogen and oxygen atoms in total. The zero-order chi connectivity index (χ0) is 13.2. The maximum atomic E-state index is 12.5. The van der Waals surface area contributed by atoms with E-state index in [4.69, 9.17) is 0 Å². The fraction of sp³-hybridized carbons (Fsp3) is 0.375. The second kappa shape index (κ2) is 5.19. The first-order valence-corrected chi connectivity index (χ1v) is 5.10. The summed E-state index contributed by atoms with van der Waals surface area (Å²) in [7, 11) is 1.06. The van der Waals surface area contributed by atoms with Gasteiger partial charge in [-0.2, -0.15) is 0 Å². The highest BCUT2D eigenvalue weighted by Gasteiger charge is 2.35. The van der Waals surface area contributed by atoms with Crippen LogP contribution in [0.15, 0.2) is 6.20 Å². The van der Waals surface area contributed by atoms with Crippen LogP contribution in [-0.2, 0) is 0 Å². The summed E-state index contributed by atoms with van der Waals surface area (Å²) in [4.78, 5) is 3.33. The maximum absolute atomic E-state index is 12.5. The molecule has 0 saturated carbocycles. The van der Waals surface area contributed by atoms with Gasteiger partial charge in [0.05, 0.1) is 16.2 Å². The van der Waals surface area contributed by atoms with Crippen molar-refractivity contribution in [2.24, 2.45) is 0 Å². The van der Waals surface area contributed by atoms with Crippen LogP contribution in [0.1, 0.15) is 12.0 Å². The maximum Gasteiger partial charge on any atom is 0.573 e. The number of hydrogen-bond acceptors (Lipinski definition) is 3. The van der Waals surface area contributed by atoms with Crippen LogP contribution in [0.3, 0.4) is 0 Å². The van der Waals surface area contributed by atoms with E-state index in [9.17, 15) is 22.0 Å². The third kappa shape index (κ3) is 3.54. The molecule has 0 amide bonds. The van der Waals surface area contributed by atoms with Gasteiger partial charge in [-0.3, -0.25) is 0 Å². The topological polar surface area (TPSA) is 31.4 Å². The van der Waals surface area contributed by atoms with Crippen molar-refractivity contribution in [3.8, 4) is 11.6 Å². The molecule has 17 heavy (non-hydrogen) atoms. The zero-order valence-corrected chi connectivity index (χ0v) is 10.3. The summed E-state index contributed by atoms with van der Waals surface area (Å²) in [6, 6.07) is 0. The highest BCUT2D eigenvalue weighted by molar-refractivity contribution is 14.1. The molecule has 0 atom stereocenters. The first-order valence-electron chi connectivity index (χ1n) is 4.02. The molecule has 0 N–H and O–H groups in total. The van der Waals surface area contributed by atoms with Crippen molar-refractivity contribution in [1.29, 1.82) is 0 Å². The number of halogens is 6. The van der Waals surface area contributed by atoms with E-state index >= 15 is 0 Å². The Balaban J connectivity index is 3.28. The van der Waals surface area contributed by atoms with Crippen LogP contribution >= 0.6 is 22.6 Å². The number of pyridine rings is 1. The highest BCUT2D eigenvalue weighted by Crippen LogP contribution is 2.39. The van der Waals surface area contributed by atoms with Gasteiger partial charge in [0.1, 0.15) is 0 Å². The van der Waals surface area contributed by atoms with Gasteiger partial charge in [-0.15, -0.1) is 13.2 Å². The van der Waals surface area contributed by atoms with Crippen LogP contribution in [0.2, 0.25) is 0 Å². The lowest BCUT2D eigenvalue weighted by Crippen LogP contribution is -2.19. The molecule has 0 spiro atoms. The van der Waals surface area contributed by atoms with E-state index in [2.05, 4.69) is 14.5 Å². The summed E-state index contributed by atoms with van der Waals surface area (Å²) >= 11 is 1.32. The molecular formula is C8H5F5INO2. The SMILES string of the molecule is COc1ncc(C(F)F)c(I)c1OC(F)(F)F. The first kappa shape index (κ1) is 14.2. The van der Waals surface area contributed by atoms with Crippen LogP contribution in [-0.4, -0.2) is 18.5 Å². The molecule has 0 bridgehead atoms. The fourth-order valence-corrected chi connectivity index (χ4v) is 1.69. The first-order chi connectivity index (χ1) is 7.76. The van der Waals surface area contributed by atoms with Crippen LogP contribution in [0.5, 0.6) is 11.6 Å². The molecule has 9 heteroatoms. The Kier molecular flexibility index (Phi) is 4.33. The predicted molar refractivity (Wildman–Crippen MR) is 55.1 cm³/mol. The number of alkyl halides is 5. The summed E-state index contributed by atoms with van der Waals surface area (Å²) in [5.41, 5.74) is -0.648. The van der Waals surface area contributed by atoms with E-state index in [0.717, 1.165) is 13.3 Å². The lowest BCUT2D eigenvalue weighted by Gasteiger charge is -2.15. The van der Waals surface area contributed by atoms with Crippen molar-refractivity contribution >= 4 is 22.6 Å². The van der Waals surface area contributed by atoms with Gasteiger partial charge in [0.2, 0.25) is 5.75 Å². The Morgan fingerprint density at radius 1 is 1.35 bits per heavy atom. The van der Waals surface area contributed by atoms with Gasteiger partial charge >= 0.3 is 6.36 Å². The third-order valence-electron chi connectivity index (χ3n) is 1.61. The van der Waals surface area contributed by atoms with Gasteiger partial charge < -0.3 is 9.47 Å². The van der Waals surface area contributed by atoms with Crippen LogP contribution < -0.4 is 9.47 Å². The minimum atomic E-state index is -5.00. The predicted octanol–water partition coefficient (Wildman–Crippen LogP) is 3.53. The van der Waals surface area contributed by atoms with Crippen molar-refractivity contribution < 1.29 is 31.4 Å². The molecule has 0 aliphatic carbocycles. The van der Waals surface area contributed by atoms with Crippen molar-refractivity contribution in [1.82, 2.24) is 4.98 Å². The summed E-state index contributed by atoms with van der Waals surface area (Å²) < 4.78 is 68.9. The summed E-state index contributed by atoms with van der Waals surface area (Å²) in [6.07, 6.45) is -7.21. The molecule has 0 aliphatic rings. The van der Waals surface area contributed by atoms with Crippen LogP contribution in [0.4, 0.5) is 22.0 Å². The van der Waals surface area contributed by atoms with Crippen LogP contribution in [0, 0.1) is 3.57 Å². The summed E-state index contributed by atoms with van der Waals surface area (Å²) in [6.45, 7) is 0. The molecule has 1 aromatic rings. The Morgan fingerprint density at radius 3 is 2.35 bits per heavy atom. The van der Waals surface area contributed by atoms with Crippen molar-refractivity contribution in [2.75, 3.05) is 7.11 Å². The average molecular weight is 369 g/mol. The molecule has 96 valence electrons. The van der Waals surface area contributed by atoms with Gasteiger partial charge in [-0.1, -0.05) is 0 Å². The lowest BCUT2D eigenvalue weighted by molar-refractivity contribution is -0.275. The minimum Gasteiger partial charge on any atom is -0.478 e. The monoisotopic (exact) mass is 369 g/mol. The van der Waals surface area contributed by atoms with E-state index < -0.39 is 30.0 Å². The van der Waals surface area contributed by atoms with E-state index in [0.29, 0.717) is 0 Å². The minimum absolute atomic E-state index is 0.387. The van der Waals surface area contributed by atoms with Crippen molar-refractivity contribution in [2.45, 2.75) is 12.8 Å². The van der Waals surface area contributed by atoms with E-state index in [1.165, 1.54) is 22.6 Å². The summed E-state index contributed by atoms with van der Waals surface area (Å²) in [5.74, 6) is -1.37. The standard InChI is InChI=1S/C8H5F5INO2/c1-16-7-5(17-8(11,12)13)4(14)3(2-15-7)6(9)10/h2,6H,1H3. The number of nitrogens with zero attached hydrogens (tertiary/aromatic N) is 1. The number of ether oxygens (including phenoxy) is 2. The summed E-state index contributed by atoms with van der Waals surface area (Å²) in [5, 5.41) is 0. The molecule has 0 aliphatic heterocycles. The van der Waals surface area contributed by atoms with Gasteiger partial charge in [-0.05, 0) is 22.6 Å². The van der Waals surface area contributed by atoms with Crippen molar-refractivity contribution in [3.05, 3.63) is 15.3 Å². The second-order valence-corrected chi connectivity index (χ2v) is 3.79. The Labute approximate surface area is 106 Å². The van der Waals surface area contributed by atoms with Crippen LogP contribution in [0.25, 0.3) is 0 Å². The van der Waals surface area contributed by atoms with Gasteiger partial charge in [-0.25, -0.2) is 13.8 Å². The molecule has 0 unspecified atom stereocenters. The molecule has 1 rings (SSSR count). The molecular weight excluding hydrogens is 364 g/mol. The second-order valence-electron chi connectivity index (χ2n) is 2.71. The Hall–Kier alpha value is -0.870. The lowest BCUT2D eigenvalue weighted by atomic mass is 10.3. The number of aromatic nitrogens is 1. The Morgan fingerprint density at radius 2 is 1.94 bits per heavy atom. The third-order valence-corrected chi connectivity index (χ3v) is 2.73.